The van der Waals surface area contributed by atoms with Gasteiger partial charge < -0.3 is 4.90 Å². The Hall–Kier alpha value is -2.09. The molecule has 19 heavy (non-hydrogen) atoms. The molecule has 0 spiro atoms. The van der Waals surface area contributed by atoms with Crippen molar-refractivity contribution in [2.24, 2.45) is 0 Å². The van der Waals surface area contributed by atoms with E-state index >= 15 is 0 Å². The average molecular weight is 248 g/mol. The summed E-state index contributed by atoms with van der Waals surface area (Å²) in [5, 5.41) is 2.46. The van der Waals surface area contributed by atoms with Crippen LogP contribution in [0.5, 0.6) is 0 Å². The van der Waals surface area contributed by atoms with E-state index in [0.717, 1.165) is 11.0 Å². The minimum atomic E-state index is 1.07. The number of pyridine rings is 1. The van der Waals surface area contributed by atoms with E-state index in [2.05, 4.69) is 47.4 Å². The van der Waals surface area contributed by atoms with Gasteiger partial charge in [-0.3, -0.25) is 0 Å². The van der Waals surface area contributed by atoms with Crippen molar-refractivity contribution in [2.75, 3.05) is 18.0 Å². The number of hydrogen-bond acceptors (Lipinski definition) is 2. The SMILES string of the molecule is c1ccc2nc3ccc(N4CCCC4)cc3cc2c1. The summed E-state index contributed by atoms with van der Waals surface area (Å²) in [7, 11) is 0. The van der Waals surface area contributed by atoms with Crippen LogP contribution in [0, 0.1) is 0 Å². The molecule has 1 aliphatic rings. The van der Waals surface area contributed by atoms with Gasteiger partial charge in [0.05, 0.1) is 11.0 Å². The Morgan fingerprint density at radius 2 is 1.58 bits per heavy atom. The first kappa shape index (κ1) is 10.8. The third-order valence-corrected chi connectivity index (χ3v) is 3.97. The first-order valence-corrected chi connectivity index (χ1v) is 6.95. The van der Waals surface area contributed by atoms with E-state index in [0.29, 0.717) is 0 Å². The van der Waals surface area contributed by atoms with Crippen molar-refractivity contribution in [1.82, 2.24) is 4.98 Å². The Morgan fingerprint density at radius 1 is 0.789 bits per heavy atom. The van der Waals surface area contributed by atoms with Crippen LogP contribution < -0.4 is 4.90 Å². The van der Waals surface area contributed by atoms with E-state index in [1.54, 1.807) is 0 Å². The van der Waals surface area contributed by atoms with Crippen molar-refractivity contribution in [2.45, 2.75) is 12.8 Å². The number of para-hydroxylation sites is 1. The van der Waals surface area contributed by atoms with Crippen molar-refractivity contribution < 1.29 is 0 Å². The summed E-state index contributed by atoms with van der Waals surface area (Å²) in [5.74, 6) is 0. The Bertz CT molecular complexity index is 742. The van der Waals surface area contributed by atoms with Crippen LogP contribution in [-0.4, -0.2) is 18.1 Å². The van der Waals surface area contributed by atoms with Crippen molar-refractivity contribution in [1.29, 1.82) is 0 Å². The Kier molecular flexibility index (Phi) is 2.41. The molecule has 0 bridgehead atoms. The third-order valence-electron chi connectivity index (χ3n) is 3.97. The molecule has 0 atom stereocenters. The zero-order valence-electron chi connectivity index (χ0n) is 10.8. The highest BCUT2D eigenvalue weighted by Crippen LogP contribution is 2.26. The van der Waals surface area contributed by atoms with E-state index in [-0.39, 0.29) is 0 Å². The molecule has 3 aromatic rings. The lowest BCUT2D eigenvalue weighted by atomic mass is 10.1. The van der Waals surface area contributed by atoms with Crippen LogP contribution in [0.2, 0.25) is 0 Å². The highest BCUT2D eigenvalue weighted by atomic mass is 15.1. The predicted molar refractivity (Wildman–Crippen MR) is 80.7 cm³/mol. The first-order chi connectivity index (χ1) is 9.40. The maximum Gasteiger partial charge on any atom is 0.0711 e. The molecule has 94 valence electrons. The number of aromatic nitrogens is 1. The molecular weight excluding hydrogens is 232 g/mol. The van der Waals surface area contributed by atoms with Crippen molar-refractivity contribution in [3.8, 4) is 0 Å². The summed E-state index contributed by atoms with van der Waals surface area (Å²) in [4.78, 5) is 7.19. The van der Waals surface area contributed by atoms with Gasteiger partial charge in [0.1, 0.15) is 0 Å². The van der Waals surface area contributed by atoms with E-state index < -0.39 is 0 Å². The van der Waals surface area contributed by atoms with Crippen LogP contribution in [0.3, 0.4) is 0 Å². The van der Waals surface area contributed by atoms with Crippen LogP contribution >= 0.6 is 0 Å². The van der Waals surface area contributed by atoms with Gasteiger partial charge in [-0.1, -0.05) is 18.2 Å². The van der Waals surface area contributed by atoms with E-state index in [1.807, 2.05) is 6.07 Å². The number of fused-ring (bicyclic) bond motifs is 2. The molecule has 0 radical (unpaired) electrons. The number of rotatable bonds is 1. The lowest BCUT2D eigenvalue weighted by Gasteiger charge is -2.17. The lowest BCUT2D eigenvalue weighted by Crippen LogP contribution is -2.17. The second kappa shape index (κ2) is 4.23. The molecule has 0 N–H and O–H groups in total. The topological polar surface area (TPSA) is 16.1 Å². The molecule has 2 aromatic carbocycles. The maximum absolute atomic E-state index is 4.73. The minimum absolute atomic E-state index is 1.07. The summed E-state index contributed by atoms with van der Waals surface area (Å²) in [6.07, 6.45) is 2.63. The van der Waals surface area contributed by atoms with Crippen molar-refractivity contribution >= 4 is 27.5 Å². The van der Waals surface area contributed by atoms with E-state index in [4.69, 9.17) is 4.98 Å². The zero-order chi connectivity index (χ0) is 12.7. The van der Waals surface area contributed by atoms with Crippen LogP contribution in [0.1, 0.15) is 12.8 Å². The highest BCUT2D eigenvalue weighted by Gasteiger charge is 2.12. The summed E-state index contributed by atoms with van der Waals surface area (Å²) >= 11 is 0. The largest absolute Gasteiger partial charge is 0.372 e. The van der Waals surface area contributed by atoms with Crippen LogP contribution in [0.4, 0.5) is 5.69 Å². The molecule has 2 heterocycles. The van der Waals surface area contributed by atoms with Crippen LogP contribution in [0.25, 0.3) is 21.8 Å². The molecule has 1 aliphatic heterocycles. The smallest absolute Gasteiger partial charge is 0.0711 e. The molecule has 0 aliphatic carbocycles. The second-order valence-corrected chi connectivity index (χ2v) is 5.25. The van der Waals surface area contributed by atoms with Gasteiger partial charge in [-0.05, 0) is 43.2 Å². The highest BCUT2D eigenvalue weighted by molar-refractivity contribution is 5.94. The predicted octanol–water partition coefficient (Wildman–Crippen LogP) is 3.99. The van der Waals surface area contributed by atoms with Crippen molar-refractivity contribution in [3.05, 3.63) is 48.5 Å². The Morgan fingerprint density at radius 3 is 2.47 bits per heavy atom. The van der Waals surface area contributed by atoms with Crippen LogP contribution in [-0.2, 0) is 0 Å². The molecule has 1 aromatic heterocycles. The molecule has 0 amide bonds. The van der Waals surface area contributed by atoms with Gasteiger partial charge >= 0.3 is 0 Å². The second-order valence-electron chi connectivity index (χ2n) is 5.25. The lowest BCUT2D eigenvalue weighted by molar-refractivity contribution is 0.949. The average Bonchev–Trinajstić information content (AvgIpc) is 2.98. The fourth-order valence-electron chi connectivity index (χ4n) is 2.94. The Labute approximate surface area is 112 Å². The summed E-state index contributed by atoms with van der Waals surface area (Å²) in [5.41, 5.74) is 3.49. The Balaban J connectivity index is 1.89. The fourth-order valence-corrected chi connectivity index (χ4v) is 2.94. The summed E-state index contributed by atoms with van der Waals surface area (Å²) in [6, 6.07) is 17.2. The monoisotopic (exact) mass is 248 g/mol. The van der Waals surface area contributed by atoms with Gasteiger partial charge in [-0.15, -0.1) is 0 Å². The standard InChI is InChI=1S/C17H16N2/c1-2-6-16-13(5-1)11-14-12-15(7-8-17(14)18-16)19-9-3-4-10-19/h1-2,5-8,11-12H,3-4,9-10H2. The van der Waals surface area contributed by atoms with Gasteiger partial charge in [-0.2, -0.15) is 0 Å². The third kappa shape index (κ3) is 1.84. The minimum Gasteiger partial charge on any atom is -0.372 e. The van der Waals surface area contributed by atoms with Gasteiger partial charge in [0, 0.05) is 29.5 Å². The van der Waals surface area contributed by atoms with Gasteiger partial charge in [0.15, 0.2) is 0 Å². The normalized spacial score (nSPS) is 15.5. The molecule has 1 saturated heterocycles. The van der Waals surface area contributed by atoms with Gasteiger partial charge in [-0.25, -0.2) is 4.98 Å². The summed E-state index contributed by atoms with van der Waals surface area (Å²) < 4.78 is 0. The molecule has 2 heteroatoms. The number of anilines is 1. The quantitative estimate of drug-likeness (QED) is 0.605. The molecule has 4 rings (SSSR count). The van der Waals surface area contributed by atoms with E-state index in [9.17, 15) is 0 Å². The fraction of sp³-hybridized carbons (Fsp3) is 0.235. The van der Waals surface area contributed by atoms with Gasteiger partial charge in [0.2, 0.25) is 0 Å². The number of nitrogens with zero attached hydrogens (tertiary/aromatic N) is 2. The molecular formula is C17H16N2. The van der Waals surface area contributed by atoms with E-state index in [1.165, 1.54) is 42.4 Å². The van der Waals surface area contributed by atoms with Crippen molar-refractivity contribution in [3.63, 3.8) is 0 Å². The number of benzene rings is 2. The molecule has 2 nitrogen and oxygen atoms in total. The first-order valence-electron chi connectivity index (χ1n) is 6.95. The summed E-state index contributed by atoms with van der Waals surface area (Å²) in [6.45, 7) is 2.37. The molecule has 0 saturated carbocycles. The zero-order valence-corrected chi connectivity index (χ0v) is 10.8. The van der Waals surface area contributed by atoms with Gasteiger partial charge in [0.25, 0.3) is 0 Å². The molecule has 1 fully saturated rings. The van der Waals surface area contributed by atoms with Crippen LogP contribution in [0.15, 0.2) is 48.5 Å². The maximum atomic E-state index is 4.73. The molecule has 0 unspecified atom stereocenters. The number of hydrogen-bond donors (Lipinski definition) is 0.